The van der Waals surface area contributed by atoms with Crippen LogP contribution in [-0.2, 0) is 4.79 Å². The highest BCUT2D eigenvalue weighted by atomic mass is 19.1. The van der Waals surface area contributed by atoms with Crippen molar-refractivity contribution < 1.29 is 14.0 Å². The molecule has 3 amide bonds. The minimum Gasteiger partial charge on any atom is -0.317 e. The monoisotopic (exact) mass is 428 g/mol. The molecule has 2 aromatic rings. The number of aromatic nitrogens is 2. The van der Waals surface area contributed by atoms with Crippen molar-refractivity contribution in [1.82, 2.24) is 25.3 Å². The van der Waals surface area contributed by atoms with Crippen LogP contribution in [0.5, 0.6) is 0 Å². The first-order valence-corrected chi connectivity index (χ1v) is 11.3. The molecule has 0 radical (unpaired) electrons. The molecular weight excluding hydrogens is 399 g/mol. The van der Waals surface area contributed by atoms with Crippen LogP contribution in [0.1, 0.15) is 38.1 Å². The van der Waals surface area contributed by atoms with Crippen molar-refractivity contribution in [2.45, 2.75) is 38.1 Å². The Bertz CT molecular complexity index is 978. The predicted octanol–water partition coefficient (Wildman–Crippen LogP) is 2.26. The normalized spacial score (nSPS) is 22.3. The molecule has 3 saturated heterocycles. The number of nitrogens with zero attached hydrogens (tertiary/aromatic N) is 4. The number of nitrogens with one attached hydrogen (secondary N) is 2. The van der Waals surface area contributed by atoms with E-state index >= 15 is 0 Å². The molecule has 3 aliphatic heterocycles. The van der Waals surface area contributed by atoms with Crippen LogP contribution in [0.25, 0.3) is 10.9 Å². The second kappa shape index (κ2) is 8.55. The van der Waals surface area contributed by atoms with Gasteiger partial charge in [-0.1, -0.05) is 0 Å². The molecule has 166 valence electrons. The zero-order chi connectivity index (χ0) is 21.4. The molecule has 0 atom stereocenters. The van der Waals surface area contributed by atoms with Crippen LogP contribution in [0, 0.1) is 11.7 Å². The number of halogens is 1. The second-order valence-electron chi connectivity index (χ2n) is 8.93. The van der Waals surface area contributed by atoms with Gasteiger partial charge in [-0.25, -0.2) is 9.18 Å². The summed E-state index contributed by atoms with van der Waals surface area (Å²) in [5.41, 5.74) is 1.17. The highest BCUT2D eigenvalue weighted by Gasteiger charge is 2.29. The van der Waals surface area contributed by atoms with E-state index in [0.717, 1.165) is 56.9 Å². The highest BCUT2D eigenvalue weighted by Crippen LogP contribution is 2.33. The topological polar surface area (TPSA) is 82.5 Å². The van der Waals surface area contributed by atoms with E-state index < -0.39 is 11.8 Å². The van der Waals surface area contributed by atoms with Crippen molar-refractivity contribution in [2.75, 3.05) is 44.2 Å². The van der Waals surface area contributed by atoms with Crippen molar-refractivity contribution >= 4 is 28.5 Å². The Labute approximate surface area is 180 Å². The van der Waals surface area contributed by atoms with Crippen molar-refractivity contribution in [3.8, 4) is 0 Å². The van der Waals surface area contributed by atoms with Crippen LogP contribution < -0.4 is 15.5 Å². The molecule has 31 heavy (non-hydrogen) atoms. The molecule has 5 rings (SSSR count). The van der Waals surface area contributed by atoms with Gasteiger partial charge in [-0.2, -0.15) is 5.10 Å². The lowest BCUT2D eigenvalue weighted by Gasteiger charge is -2.35. The van der Waals surface area contributed by atoms with Crippen molar-refractivity contribution in [2.24, 2.45) is 5.92 Å². The van der Waals surface area contributed by atoms with Gasteiger partial charge < -0.3 is 10.2 Å². The van der Waals surface area contributed by atoms with E-state index in [1.54, 1.807) is 6.20 Å². The maximum absolute atomic E-state index is 14.5. The van der Waals surface area contributed by atoms with Crippen LogP contribution in [0.3, 0.4) is 0 Å². The molecule has 0 saturated carbocycles. The lowest BCUT2D eigenvalue weighted by molar-refractivity contribution is -0.120. The predicted molar refractivity (Wildman–Crippen MR) is 115 cm³/mol. The first-order valence-electron chi connectivity index (χ1n) is 11.3. The van der Waals surface area contributed by atoms with E-state index in [1.165, 1.54) is 29.9 Å². The largest absolute Gasteiger partial charge is 0.328 e. The summed E-state index contributed by atoms with van der Waals surface area (Å²) in [6.07, 6.45) is 6.38. The molecule has 9 heteroatoms. The van der Waals surface area contributed by atoms with Gasteiger partial charge >= 0.3 is 6.03 Å². The van der Waals surface area contributed by atoms with E-state index in [2.05, 4.69) is 20.6 Å². The number of anilines is 1. The fraction of sp³-hybridized carbons (Fsp3) is 0.591. The average molecular weight is 429 g/mol. The fourth-order valence-electron chi connectivity index (χ4n) is 5.18. The quantitative estimate of drug-likeness (QED) is 0.781. The molecule has 3 fully saturated rings. The third-order valence-electron chi connectivity index (χ3n) is 6.88. The Kier molecular flexibility index (Phi) is 5.62. The van der Waals surface area contributed by atoms with Crippen LogP contribution in [-0.4, -0.2) is 65.9 Å². The molecule has 1 aromatic heterocycles. The van der Waals surface area contributed by atoms with Gasteiger partial charge in [0, 0.05) is 38.0 Å². The maximum atomic E-state index is 14.5. The van der Waals surface area contributed by atoms with E-state index in [4.69, 9.17) is 0 Å². The number of piperidine rings is 2. The molecule has 2 N–H and O–H groups in total. The van der Waals surface area contributed by atoms with Gasteiger partial charge in [-0.3, -0.25) is 19.7 Å². The number of carbonyl (C=O) groups excluding carboxylic acids is 2. The number of amides is 3. The number of rotatable bonds is 4. The summed E-state index contributed by atoms with van der Waals surface area (Å²) >= 11 is 0. The second-order valence-corrected chi connectivity index (χ2v) is 8.93. The number of likely N-dealkylation sites (tertiary alicyclic amines) is 1. The molecular formula is C22H29FN6O2. The summed E-state index contributed by atoms with van der Waals surface area (Å²) in [7, 11) is 0. The van der Waals surface area contributed by atoms with Crippen LogP contribution in [0.2, 0.25) is 0 Å². The lowest BCUT2D eigenvalue weighted by atomic mass is 9.96. The molecule has 0 bridgehead atoms. The van der Waals surface area contributed by atoms with E-state index in [0.29, 0.717) is 11.2 Å². The molecule has 0 unspecified atom stereocenters. The summed E-state index contributed by atoms with van der Waals surface area (Å²) in [6.45, 7) is 5.69. The number of fused-ring (bicyclic) bond motifs is 1. The van der Waals surface area contributed by atoms with Crippen LogP contribution in [0.4, 0.5) is 14.9 Å². The van der Waals surface area contributed by atoms with Gasteiger partial charge in [-0.15, -0.1) is 0 Å². The molecule has 1 aromatic carbocycles. The number of carbonyl (C=O) groups is 2. The van der Waals surface area contributed by atoms with Gasteiger partial charge in [0.25, 0.3) is 0 Å². The zero-order valence-corrected chi connectivity index (χ0v) is 17.6. The molecule has 8 nitrogen and oxygen atoms in total. The third-order valence-corrected chi connectivity index (χ3v) is 6.88. The minimum atomic E-state index is -0.512. The fourth-order valence-corrected chi connectivity index (χ4v) is 5.18. The minimum absolute atomic E-state index is 0.202. The van der Waals surface area contributed by atoms with E-state index in [1.807, 2.05) is 4.68 Å². The van der Waals surface area contributed by atoms with Gasteiger partial charge in [0.05, 0.1) is 23.4 Å². The zero-order valence-electron chi connectivity index (χ0n) is 17.6. The average Bonchev–Trinajstić information content (AvgIpc) is 3.18. The van der Waals surface area contributed by atoms with Crippen molar-refractivity contribution in [3.05, 3.63) is 24.1 Å². The molecule has 0 spiro atoms. The van der Waals surface area contributed by atoms with Crippen molar-refractivity contribution in [1.29, 1.82) is 0 Å². The first-order chi connectivity index (χ1) is 15.1. The van der Waals surface area contributed by atoms with Gasteiger partial charge in [-0.05, 0) is 56.8 Å². The summed E-state index contributed by atoms with van der Waals surface area (Å²) in [4.78, 5) is 27.8. The summed E-state index contributed by atoms with van der Waals surface area (Å²) < 4.78 is 16.5. The van der Waals surface area contributed by atoms with Crippen LogP contribution >= 0.6 is 0 Å². The van der Waals surface area contributed by atoms with Gasteiger partial charge in [0.15, 0.2) is 0 Å². The van der Waals surface area contributed by atoms with Crippen molar-refractivity contribution in [3.63, 3.8) is 0 Å². The molecule has 3 aliphatic rings. The van der Waals surface area contributed by atoms with E-state index in [-0.39, 0.29) is 24.9 Å². The number of benzene rings is 1. The molecule has 0 aliphatic carbocycles. The Morgan fingerprint density at radius 3 is 2.58 bits per heavy atom. The van der Waals surface area contributed by atoms with Gasteiger partial charge in [0.2, 0.25) is 5.91 Å². The van der Waals surface area contributed by atoms with Crippen LogP contribution in [0.15, 0.2) is 18.3 Å². The Balaban J connectivity index is 1.33. The summed E-state index contributed by atoms with van der Waals surface area (Å²) in [5.74, 6) is 0.0701. The number of imide groups is 1. The van der Waals surface area contributed by atoms with Gasteiger partial charge in [0.1, 0.15) is 5.82 Å². The SMILES string of the molecule is O=C1CCN(c2cc(F)cc3c2cnn3C2CCN(CC3CCNCC3)CC2)C(=O)N1. The lowest BCUT2D eigenvalue weighted by Crippen LogP contribution is -2.49. The summed E-state index contributed by atoms with van der Waals surface area (Å²) in [6, 6.07) is 2.56. The smallest absolute Gasteiger partial charge is 0.317 e. The number of hydrogen-bond acceptors (Lipinski definition) is 5. The Morgan fingerprint density at radius 2 is 1.84 bits per heavy atom. The third kappa shape index (κ3) is 4.16. The number of hydrogen-bond donors (Lipinski definition) is 2. The maximum Gasteiger partial charge on any atom is 0.328 e. The standard InChI is InChI=1S/C22H29FN6O2/c23-16-11-19(28-10-5-21(30)26-22(28)31)18-13-25-29(20(18)12-16)17-3-8-27(9-4-17)14-15-1-6-24-7-2-15/h11-13,15,17,24H,1-10,14H2,(H,26,30,31). The Morgan fingerprint density at radius 1 is 1.06 bits per heavy atom. The Hall–Kier alpha value is -2.52. The molecule has 4 heterocycles. The summed E-state index contributed by atoms with van der Waals surface area (Å²) in [5, 5.41) is 11.1. The first kappa shape index (κ1) is 20.4. The number of urea groups is 1. The van der Waals surface area contributed by atoms with E-state index in [9.17, 15) is 14.0 Å². The highest BCUT2D eigenvalue weighted by molar-refractivity contribution is 6.09.